The molecule has 10 nitrogen and oxygen atoms in total. The molecule has 2 amide bonds. The molecule has 0 aliphatic carbocycles. The Hall–Kier alpha value is -3.70. The van der Waals surface area contributed by atoms with E-state index in [-0.39, 0.29) is 28.3 Å². The molecular weight excluding hydrogens is 472 g/mol. The van der Waals surface area contributed by atoms with Gasteiger partial charge >= 0.3 is 0 Å². The van der Waals surface area contributed by atoms with Gasteiger partial charge in [-0.15, -0.1) is 0 Å². The van der Waals surface area contributed by atoms with Crippen LogP contribution < -0.4 is 25.5 Å². The van der Waals surface area contributed by atoms with Gasteiger partial charge < -0.3 is 20.4 Å². The third-order valence-electron chi connectivity index (χ3n) is 5.87. The first-order valence-electron chi connectivity index (χ1n) is 11.2. The number of aromatic amines is 1. The smallest absolute Gasteiger partial charge is 0.257 e. The number of carbonyl (C=O) groups is 2. The van der Waals surface area contributed by atoms with Crippen LogP contribution in [0.3, 0.4) is 0 Å². The Labute approximate surface area is 202 Å². The summed E-state index contributed by atoms with van der Waals surface area (Å²) in [6, 6.07) is 10.3. The zero-order chi connectivity index (χ0) is 25.0. The molecule has 1 aliphatic heterocycles. The van der Waals surface area contributed by atoms with Crippen LogP contribution in [-0.4, -0.2) is 44.9 Å². The highest BCUT2D eigenvalue weighted by atomic mass is 32.2. The number of ether oxygens (including phenoxy) is 1. The minimum absolute atomic E-state index is 0.0446. The minimum Gasteiger partial charge on any atom is -0.496 e. The van der Waals surface area contributed by atoms with Crippen molar-refractivity contribution in [3.8, 4) is 5.75 Å². The highest BCUT2D eigenvalue weighted by Gasteiger charge is 2.27. The maximum absolute atomic E-state index is 13.1. The van der Waals surface area contributed by atoms with Crippen molar-refractivity contribution in [3.05, 3.63) is 70.0 Å². The van der Waals surface area contributed by atoms with Crippen molar-refractivity contribution < 1.29 is 22.7 Å². The Balaban J connectivity index is 1.59. The first-order valence-corrected chi connectivity index (χ1v) is 12.6. The van der Waals surface area contributed by atoms with Gasteiger partial charge in [-0.25, -0.2) is 8.42 Å². The quantitative estimate of drug-likeness (QED) is 0.387. The first kappa shape index (κ1) is 24.4. The molecule has 35 heavy (non-hydrogen) atoms. The van der Waals surface area contributed by atoms with Gasteiger partial charge in [0.05, 0.1) is 12.0 Å². The predicted octanol–water partition coefficient (Wildman–Crippen LogP) is 1.41. The zero-order valence-corrected chi connectivity index (χ0v) is 19.9. The summed E-state index contributed by atoms with van der Waals surface area (Å²) in [5.74, 6) is -0.385. The predicted molar refractivity (Wildman–Crippen MR) is 130 cm³/mol. The molecule has 1 fully saturated rings. The summed E-state index contributed by atoms with van der Waals surface area (Å²) in [7, 11) is -2.56. The van der Waals surface area contributed by atoms with Gasteiger partial charge in [0.15, 0.2) is 0 Å². The fourth-order valence-electron chi connectivity index (χ4n) is 3.96. The van der Waals surface area contributed by atoms with Crippen molar-refractivity contribution in [1.82, 2.24) is 20.3 Å². The molecule has 1 aliphatic rings. The lowest BCUT2D eigenvalue weighted by molar-refractivity contribution is -0.122. The van der Waals surface area contributed by atoms with Gasteiger partial charge in [-0.1, -0.05) is 18.2 Å². The van der Waals surface area contributed by atoms with Crippen LogP contribution in [-0.2, 0) is 21.4 Å². The molecule has 11 heteroatoms. The lowest BCUT2D eigenvalue weighted by Gasteiger charge is -2.15. The van der Waals surface area contributed by atoms with Crippen LogP contribution in [0.5, 0.6) is 5.75 Å². The van der Waals surface area contributed by atoms with Crippen molar-refractivity contribution in [2.24, 2.45) is 0 Å². The third kappa shape index (κ3) is 5.36. The van der Waals surface area contributed by atoms with Gasteiger partial charge in [-0.3, -0.25) is 14.4 Å². The van der Waals surface area contributed by atoms with E-state index in [4.69, 9.17) is 4.74 Å². The SMILES string of the molecule is COc1ccccc1CNC(=O)c1c[nH]c2ccc(S(=O)(=O)NC3CCCCNC3=O)cc2c1=O. The zero-order valence-electron chi connectivity index (χ0n) is 19.1. The fourth-order valence-corrected chi connectivity index (χ4v) is 5.22. The van der Waals surface area contributed by atoms with Gasteiger partial charge in [-0.05, 0) is 43.5 Å². The number of H-pyrrole nitrogens is 1. The number of amides is 2. The average molecular weight is 499 g/mol. The fraction of sp³-hybridized carbons (Fsp3) is 0.292. The third-order valence-corrected chi connectivity index (χ3v) is 7.34. The first-order chi connectivity index (χ1) is 16.8. The molecule has 1 saturated heterocycles. The van der Waals surface area contributed by atoms with Crippen molar-refractivity contribution in [2.75, 3.05) is 13.7 Å². The molecule has 0 spiro atoms. The van der Waals surface area contributed by atoms with Crippen molar-refractivity contribution in [1.29, 1.82) is 0 Å². The second-order valence-electron chi connectivity index (χ2n) is 8.19. The van der Waals surface area contributed by atoms with Crippen LogP contribution in [0.15, 0.2) is 58.4 Å². The van der Waals surface area contributed by atoms with Crippen LogP contribution >= 0.6 is 0 Å². The highest BCUT2D eigenvalue weighted by molar-refractivity contribution is 7.89. The average Bonchev–Trinajstić information content (AvgIpc) is 3.06. The number of methoxy groups -OCH3 is 1. The van der Waals surface area contributed by atoms with Gasteiger partial charge in [0.25, 0.3) is 5.91 Å². The number of benzene rings is 2. The second kappa shape index (κ2) is 10.3. The molecule has 1 unspecified atom stereocenters. The maximum Gasteiger partial charge on any atom is 0.257 e. The van der Waals surface area contributed by atoms with Crippen LogP contribution in [0.2, 0.25) is 0 Å². The van der Waals surface area contributed by atoms with E-state index in [1.165, 1.54) is 31.5 Å². The number of rotatable bonds is 7. The summed E-state index contributed by atoms with van der Waals surface area (Å²) < 4.78 is 33.6. The Bertz CT molecular complexity index is 1430. The van der Waals surface area contributed by atoms with E-state index >= 15 is 0 Å². The minimum atomic E-state index is -4.08. The summed E-state index contributed by atoms with van der Waals surface area (Å²) in [5, 5.41) is 5.42. The monoisotopic (exact) mass is 498 g/mol. The van der Waals surface area contributed by atoms with Crippen molar-refractivity contribution >= 4 is 32.7 Å². The number of fused-ring (bicyclic) bond motifs is 1. The van der Waals surface area contributed by atoms with E-state index in [1.54, 1.807) is 18.2 Å². The molecule has 2 heterocycles. The number of nitrogens with one attached hydrogen (secondary N) is 4. The number of carbonyl (C=O) groups excluding carboxylic acids is 2. The van der Waals surface area contributed by atoms with Gasteiger partial charge in [0, 0.05) is 35.8 Å². The molecule has 3 aromatic rings. The molecule has 4 N–H and O–H groups in total. The van der Waals surface area contributed by atoms with Crippen molar-refractivity contribution in [3.63, 3.8) is 0 Å². The van der Waals surface area contributed by atoms with E-state index in [0.717, 1.165) is 12.0 Å². The highest BCUT2D eigenvalue weighted by Crippen LogP contribution is 2.19. The van der Waals surface area contributed by atoms with E-state index in [2.05, 4.69) is 20.3 Å². The van der Waals surface area contributed by atoms with Crippen LogP contribution in [0.1, 0.15) is 35.2 Å². The molecule has 0 radical (unpaired) electrons. The van der Waals surface area contributed by atoms with Crippen LogP contribution in [0.4, 0.5) is 0 Å². The molecule has 0 saturated carbocycles. The van der Waals surface area contributed by atoms with E-state index in [0.29, 0.717) is 30.7 Å². The normalized spacial score (nSPS) is 16.4. The topological polar surface area (TPSA) is 146 Å². The second-order valence-corrected chi connectivity index (χ2v) is 9.91. The summed E-state index contributed by atoms with van der Waals surface area (Å²) in [6.07, 6.45) is 3.16. The molecule has 2 aromatic carbocycles. The lowest BCUT2D eigenvalue weighted by atomic mass is 10.1. The van der Waals surface area contributed by atoms with Crippen molar-refractivity contribution in [2.45, 2.75) is 36.7 Å². The Morgan fingerprint density at radius 1 is 1.14 bits per heavy atom. The van der Waals surface area contributed by atoms with Crippen LogP contribution in [0, 0.1) is 0 Å². The standard InChI is InChI=1S/C24H26N4O6S/c1-34-21-8-3-2-6-15(21)13-27-23(30)18-14-26-19-10-9-16(12-17(19)22(18)29)35(32,33)28-20-7-4-5-11-25-24(20)31/h2-3,6,8-10,12,14,20,28H,4-5,7,11,13H2,1H3,(H,25,31)(H,26,29)(H,27,30). The summed E-state index contributed by atoms with van der Waals surface area (Å²) in [4.78, 5) is 40.7. The Kier molecular flexibility index (Phi) is 7.17. The molecule has 1 aromatic heterocycles. The van der Waals surface area contributed by atoms with E-state index < -0.39 is 27.4 Å². The number of aromatic nitrogens is 1. The summed E-state index contributed by atoms with van der Waals surface area (Å²) >= 11 is 0. The molecular formula is C24H26N4O6S. The van der Waals surface area contributed by atoms with E-state index in [9.17, 15) is 22.8 Å². The molecule has 0 bridgehead atoms. The molecule has 1 atom stereocenters. The molecule has 184 valence electrons. The number of hydrogen-bond acceptors (Lipinski definition) is 6. The lowest BCUT2D eigenvalue weighted by Crippen LogP contribution is -2.45. The molecule has 4 rings (SSSR count). The van der Waals surface area contributed by atoms with Crippen LogP contribution in [0.25, 0.3) is 10.9 Å². The van der Waals surface area contributed by atoms with Gasteiger partial charge in [0.1, 0.15) is 17.4 Å². The number of pyridine rings is 1. The summed E-state index contributed by atoms with van der Waals surface area (Å²) in [5.41, 5.74) is 0.351. The van der Waals surface area contributed by atoms with Gasteiger partial charge in [0.2, 0.25) is 21.4 Å². The number of sulfonamides is 1. The number of para-hydroxylation sites is 1. The van der Waals surface area contributed by atoms with E-state index in [1.807, 2.05) is 6.07 Å². The number of hydrogen-bond donors (Lipinski definition) is 4. The summed E-state index contributed by atoms with van der Waals surface area (Å²) in [6.45, 7) is 0.645. The largest absolute Gasteiger partial charge is 0.496 e. The Morgan fingerprint density at radius 2 is 1.94 bits per heavy atom. The maximum atomic E-state index is 13.1. The van der Waals surface area contributed by atoms with Gasteiger partial charge in [-0.2, -0.15) is 4.72 Å². The Morgan fingerprint density at radius 3 is 2.74 bits per heavy atom.